The van der Waals surface area contributed by atoms with Gasteiger partial charge in [0.25, 0.3) is 0 Å². The Hall–Kier alpha value is -2.63. The molecule has 2 unspecified atom stereocenters. The van der Waals surface area contributed by atoms with Gasteiger partial charge in [0.1, 0.15) is 12.7 Å². The predicted molar refractivity (Wildman–Crippen MR) is 262 cm³/mol. The first-order valence-corrected chi connectivity index (χ1v) is 26.4. The van der Waals surface area contributed by atoms with Crippen molar-refractivity contribution in [2.24, 2.45) is 5.92 Å². The number of aliphatic hydroxyl groups is 3. The Morgan fingerprint density at radius 1 is 0.547 bits per heavy atom. The van der Waals surface area contributed by atoms with E-state index in [1.54, 1.807) is 12.2 Å². The molecular formula is C52H91O11P. The van der Waals surface area contributed by atoms with Crippen LogP contribution in [0.5, 0.6) is 0 Å². The fraction of sp³-hybridized carbons (Fsp3) is 0.731. The van der Waals surface area contributed by atoms with Gasteiger partial charge in [0, 0.05) is 12.8 Å². The van der Waals surface area contributed by atoms with E-state index in [4.69, 9.17) is 19.1 Å². The summed E-state index contributed by atoms with van der Waals surface area (Å²) in [6, 6.07) is 0. The maximum atomic E-state index is 12.7. The quantitative estimate of drug-likeness (QED) is 0.0151. The number of unbranched alkanes of at least 4 members (excludes halogenated alkanes) is 17. The lowest BCUT2D eigenvalue weighted by Gasteiger charge is -2.20. The summed E-state index contributed by atoms with van der Waals surface area (Å²) in [6.45, 7) is 4.36. The summed E-state index contributed by atoms with van der Waals surface area (Å²) in [5.74, 6) is -0.372. The summed E-state index contributed by atoms with van der Waals surface area (Å²) < 4.78 is 32.7. The predicted octanol–water partition coefficient (Wildman–Crippen LogP) is 12.8. The number of phosphoric ester groups is 1. The van der Waals surface area contributed by atoms with Crippen LogP contribution in [0, 0.1) is 5.92 Å². The van der Waals surface area contributed by atoms with Crippen LogP contribution >= 0.6 is 7.82 Å². The standard InChI is InChI=1S/C52H91O11P/c1-4-5-6-7-8-9-10-11-12-18-21-24-27-30-33-36-39-48(54)41-42-51(56)60-45-50(46-62-64(58,59)61-44-49(55)43-53)63-52(57)40-37-34-31-28-25-22-19-16-14-13-15-17-20-23-26-29-32-35-38-47(2)3/h5-6,8-9,11-12,21,24,30,33,36,39,47-50,53-55H,4,7,10,13-20,22-23,25-29,31-32,34-35,37-38,40-46H2,1-3H3,(H,58,59)/b6-5-,9-8-,12-11-,24-21-,33-30-,39-36-/t48?,49-,50+/m0/s1. The molecule has 0 aliphatic carbocycles. The molecule has 64 heavy (non-hydrogen) atoms. The van der Waals surface area contributed by atoms with Gasteiger partial charge in [-0.2, -0.15) is 0 Å². The molecule has 0 rings (SSSR count). The van der Waals surface area contributed by atoms with Crippen molar-refractivity contribution in [2.45, 2.75) is 212 Å². The third kappa shape index (κ3) is 45.9. The number of carbonyl (C=O) groups is 2. The average molecular weight is 923 g/mol. The number of carbonyl (C=O) groups excluding carboxylic acids is 2. The zero-order chi connectivity index (χ0) is 47.2. The first kappa shape index (κ1) is 61.4. The van der Waals surface area contributed by atoms with Crippen molar-refractivity contribution in [1.29, 1.82) is 0 Å². The second kappa shape index (κ2) is 45.5. The highest BCUT2D eigenvalue weighted by atomic mass is 31.2. The number of aliphatic hydroxyl groups excluding tert-OH is 3. The molecule has 0 heterocycles. The normalized spacial score (nSPS) is 14.9. The van der Waals surface area contributed by atoms with Gasteiger partial charge < -0.3 is 29.7 Å². The van der Waals surface area contributed by atoms with Gasteiger partial charge in [-0.1, -0.05) is 209 Å². The number of esters is 2. The van der Waals surface area contributed by atoms with Gasteiger partial charge in [-0.25, -0.2) is 4.57 Å². The van der Waals surface area contributed by atoms with Crippen LogP contribution in [-0.4, -0.2) is 76.9 Å². The molecule has 0 aliphatic rings. The highest BCUT2D eigenvalue weighted by Gasteiger charge is 2.27. The third-order valence-corrected chi connectivity index (χ3v) is 11.4. The van der Waals surface area contributed by atoms with E-state index in [-0.39, 0.29) is 19.3 Å². The van der Waals surface area contributed by atoms with E-state index in [1.807, 2.05) is 12.2 Å². The second-order valence-electron chi connectivity index (χ2n) is 17.1. The minimum Gasteiger partial charge on any atom is -0.462 e. The molecule has 0 radical (unpaired) electrons. The maximum Gasteiger partial charge on any atom is 0.472 e. The molecule has 0 amide bonds. The van der Waals surface area contributed by atoms with E-state index in [0.29, 0.717) is 6.42 Å². The Labute approximate surface area is 389 Å². The molecule has 0 aromatic rings. The first-order valence-electron chi connectivity index (χ1n) is 24.9. The van der Waals surface area contributed by atoms with Crippen molar-refractivity contribution < 1.29 is 52.9 Å². The number of hydrogen-bond donors (Lipinski definition) is 4. The Bertz CT molecular complexity index is 1320. The Kier molecular flexibility index (Phi) is 43.7. The number of ether oxygens (including phenoxy) is 2. The van der Waals surface area contributed by atoms with Crippen LogP contribution in [-0.2, 0) is 32.7 Å². The monoisotopic (exact) mass is 923 g/mol. The van der Waals surface area contributed by atoms with E-state index in [0.717, 1.165) is 57.3 Å². The molecule has 11 nitrogen and oxygen atoms in total. The van der Waals surface area contributed by atoms with E-state index in [9.17, 15) is 29.3 Å². The molecule has 370 valence electrons. The number of hydrogen-bond acceptors (Lipinski definition) is 10. The number of phosphoric acid groups is 1. The lowest BCUT2D eigenvalue weighted by molar-refractivity contribution is -0.161. The van der Waals surface area contributed by atoms with Crippen LogP contribution in [0.1, 0.15) is 194 Å². The molecule has 0 aromatic carbocycles. The summed E-state index contributed by atoms with van der Waals surface area (Å²) >= 11 is 0. The summed E-state index contributed by atoms with van der Waals surface area (Å²) in [5, 5.41) is 28.7. The van der Waals surface area contributed by atoms with Gasteiger partial charge >= 0.3 is 19.8 Å². The zero-order valence-corrected chi connectivity index (χ0v) is 41.1. The molecule has 0 bridgehead atoms. The highest BCUT2D eigenvalue weighted by Crippen LogP contribution is 2.43. The Balaban J connectivity index is 4.39. The van der Waals surface area contributed by atoms with E-state index in [2.05, 4.69) is 73.9 Å². The first-order chi connectivity index (χ1) is 31.0. The molecule has 0 aliphatic heterocycles. The highest BCUT2D eigenvalue weighted by molar-refractivity contribution is 7.47. The van der Waals surface area contributed by atoms with Crippen LogP contribution in [0.2, 0.25) is 0 Å². The van der Waals surface area contributed by atoms with Crippen LogP contribution < -0.4 is 0 Å². The number of allylic oxidation sites excluding steroid dienone is 11. The van der Waals surface area contributed by atoms with Crippen molar-refractivity contribution in [1.82, 2.24) is 0 Å². The van der Waals surface area contributed by atoms with Crippen molar-refractivity contribution in [3.8, 4) is 0 Å². The molecule has 0 aromatic heterocycles. The minimum atomic E-state index is -4.68. The zero-order valence-electron chi connectivity index (χ0n) is 40.3. The van der Waals surface area contributed by atoms with Gasteiger partial charge in [0.05, 0.1) is 25.9 Å². The molecule has 0 spiro atoms. The summed E-state index contributed by atoms with van der Waals surface area (Å²) in [4.78, 5) is 35.2. The Morgan fingerprint density at radius 2 is 1.00 bits per heavy atom. The van der Waals surface area contributed by atoms with Gasteiger partial charge in [0.2, 0.25) is 0 Å². The smallest absolute Gasteiger partial charge is 0.462 e. The molecule has 0 fully saturated rings. The molecular weight excluding hydrogens is 832 g/mol. The lowest BCUT2D eigenvalue weighted by atomic mass is 10.0. The van der Waals surface area contributed by atoms with Gasteiger partial charge in [-0.05, 0) is 50.9 Å². The van der Waals surface area contributed by atoms with Crippen molar-refractivity contribution in [2.75, 3.05) is 26.4 Å². The summed E-state index contributed by atoms with van der Waals surface area (Å²) in [5.41, 5.74) is 0. The fourth-order valence-corrected chi connectivity index (χ4v) is 7.37. The molecule has 0 saturated heterocycles. The van der Waals surface area contributed by atoms with Crippen LogP contribution in [0.3, 0.4) is 0 Å². The minimum absolute atomic E-state index is 0.104. The average Bonchev–Trinajstić information content (AvgIpc) is 3.27. The molecule has 12 heteroatoms. The van der Waals surface area contributed by atoms with Crippen LogP contribution in [0.15, 0.2) is 72.9 Å². The molecule has 4 N–H and O–H groups in total. The van der Waals surface area contributed by atoms with Crippen LogP contribution in [0.4, 0.5) is 0 Å². The SMILES string of the molecule is CC/C=C\C/C=C\C/C=C\C/C=C\C/C=C\C=C/C(O)CCC(=O)OC[C@H](COP(=O)(O)OC[C@@H](O)CO)OC(=O)CCCCCCCCCCCCCCCCCCCCC(C)C. The summed E-state index contributed by atoms with van der Waals surface area (Å²) in [6.07, 6.45) is 49.2. The molecule has 4 atom stereocenters. The number of rotatable bonds is 45. The van der Waals surface area contributed by atoms with E-state index < -0.39 is 64.5 Å². The van der Waals surface area contributed by atoms with Gasteiger partial charge in [0.15, 0.2) is 6.10 Å². The summed E-state index contributed by atoms with van der Waals surface area (Å²) in [7, 11) is -4.68. The van der Waals surface area contributed by atoms with E-state index in [1.165, 1.54) is 96.3 Å². The fourth-order valence-electron chi connectivity index (χ4n) is 6.58. The Morgan fingerprint density at radius 3 is 1.48 bits per heavy atom. The van der Waals surface area contributed by atoms with Gasteiger partial charge in [-0.3, -0.25) is 18.6 Å². The van der Waals surface area contributed by atoms with E-state index >= 15 is 0 Å². The largest absolute Gasteiger partial charge is 0.472 e. The van der Waals surface area contributed by atoms with Crippen molar-refractivity contribution >= 4 is 19.8 Å². The lowest BCUT2D eigenvalue weighted by Crippen LogP contribution is -2.30. The van der Waals surface area contributed by atoms with Crippen molar-refractivity contribution in [3.63, 3.8) is 0 Å². The third-order valence-electron chi connectivity index (χ3n) is 10.4. The molecule has 0 saturated carbocycles. The maximum absolute atomic E-state index is 12.7. The van der Waals surface area contributed by atoms with Crippen LogP contribution in [0.25, 0.3) is 0 Å². The van der Waals surface area contributed by atoms with Gasteiger partial charge in [-0.15, -0.1) is 0 Å². The second-order valence-corrected chi connectivity index (χ2v) is 18.6. The van der Waals surface area contributed by atoms with Crippen molar-refractivity contribution in [3.05, 3.63) is 72.9 Å². The topological polar surface area (TPSA) is 169 Å².